The zero-order valence-electron chi connectivity index (χ0n) is 22.1. The van der Waals surface area contributed by atoms with E-state index in [9.17, 15) is 30.0 Å². The fraction of sp³-hybridized carbons (Fsp3) is 0.312. The normalized spacial score (nSPS) is 20.0. The van der Waals surface area contributed by atoms with Gasteiger partial charge in [-0.25, -0.2) is 0 Å². The Bertz CT molecular complexity index is 1510. The minimum absolute atomic E-state index is 0.0546. The Morgan fingerprint density at radius 2 is 1.07 bits per heavy atom. The molecule has 8 nitrogen and oxygen atoms in total. The number of carboxylic acid groups (broad SMARTS) is 2. The molecule has 0 amide bonds. The molecule has 0 bridgehead atoms. The molecular formula is C32H32N2O6. The van der Waals surface area contributed by atoms with Gasteiger partial charge in [0.15, 0.2) is 0 Å². The van der Waals surface area contributed by atoms with Crippen LogP contribution in [0.3, 0.4) is 0 Å². The number of likely N-dealkylation sites (tertiary alicyclic amines) is 2. The van der Waals surface area contributed by atoms with Gasteiger partial charge in [-0.3, -0.25) is 19.4 Å². The van der Waals surface area contributed by atoms with Crippen molar-refractivity contribution in [2.75, 3.05) is 13.1 Å². The molecule has 2 heterocycles. The molecule has 4 aromatic carbocycles. The topological polar surface area (TPSA) is 122 Å². The third-order valence-corrected chi connectivity index (χ3v) is 8.44. The largest absolute Gasteiger partial charge is 0.507 e. The average Bonchev–Trinajstić information content (AvgIpc) is 3.59. The van der Waals surface area contributed by atoms with Gasteiger partial charge in [-0.2, -0.15) is 0 Å². The van der Waals surface area contributed by atoms with Crippen LogP contribution >= 0.6 is 0 Å². The van der Waals surface area contributed by atoms with Crippen LogP contribution in [0.4, 0.5) is 0 Å². The second-order valence-corrected chi connectivity index (χ2v) is 11.0. The van der Waals surface area contributed by atoms with E-state index in [0.29, 0.717) is 37.1 Å². The number of aliphatic carboxylic acids is 2. The first-order valence-electron chi connectivity index (χ1n) is 13.7. The van der Waals surface area contributed by atoms with Gasteiger partial charge in [0.1, 0.15) is 23.6 Å². The molecule has 6 rings (SSSR count). The average molecular weight is 541 g/mol. The van der Waals surface area contributed by atoms with Crippen molar-refractivity contribution in [3.05, 3.63) is 71.8 Å². The van der Waals surface area contributed by atoms with E-state index in [-0.39, 0.29) is 11.5 Å². The van der Waals surface area contributed by atoms with Crippen LogP contribution in [-0.4, -0.2) is 67.3 Å². The second-order valence-electron chi connectivity index (χ2n) is 11.0. The Hall–Kier alpha value is -4.14. The SMILES string of the molecule is O=C(O)[C@@H]1CCCN1Cc1ccc2c(-c3c(O)ccc4cc(CN5CCC[C@H]5C(=O)O)ccc34)c(O)ccc2c1. The molecule has 2 aliphatic heterocycles. The number of phenolic OH excluding ortho intramolecular Hbond substituents is 2. The van der Waals surface area contributed by atoms with Gasteiger partial charge in [0.25, 0.3) is 0 Å². The molecule has 4 aromatic rings. The van der Waals surface area contributed by atoms with E-state index in [2.05, 4.69) is 0 Å². The second kappa shape index (κ2) is 10.4. The van der Waals surface area contributed by atoms with Gasteiger partial charge in [-0.15, -0.1) is 0 Å². The molecule has 2 fully saturated rings. The van der Waals surface area contributed by atoms with Gasteiger partial charge in [0, 0.05) is 24.2 Å². The van der Waals surface area contributed by atoms with Crippen molar-refractivity contribution in [2.45, 2.75) is 50.9 Å². The summed E-state index contributed by atoms with van der Waals surface area (Å²) in [4.78, 5) is 27.2. The van der Waals surface area contributed by atoms with Crippen LogP contribution in [-0.2, 0) is 22.7 Å². The van der Waals surface area contributed by atoms with Crippen LogP contribution in [0.5, 0.6) is 11.5 Å². The highest BCUT2D eigenvalue weighted by molar-refractivity contribution is 6.09. The Kier molecular flexibility index (Phi) is 6.82. The maximum atomic E-state index is 11.6. The fourth-order valence-electron chi connectivity index (χ4n) is 6.52. The third-order valence-electron chi connectivity index (χ3n) is 8.44. The predicted octanol–water partition coefficient (Wildman–Crippen LogP) is 5.17. The number of rotatable bonds is 7. The molecule has 0 aliphatic carbocycles. The summed E-state index contributed by atoms with van der Waals surface area (Å²) in [6.45, 7) is 2.56. The van der Waals surface area contributed by atoms with Crippen molar-refractivity contribution >= 4 is 33.5 Å². The molecule has 0 unspecified atom stereocenters. The number of nitrogens with zero attached hydrogens (tertiary/aromatic N) is 2. The molecule has 0 spiro atoms. The maximum Gasteiger partial charge on any atom is 0.320 e. The van der Waals surface area contributed by atoms with Crippen molar-refractivity contribution in [1.29, 1.82) is 0 Å². The molecular weight excluding hydrogens is 508 g/mol. The fourth-order valence-corrected chi connectivity index (χ4v) is 6.52. The summed E-state index contributed by atoms with van der Waals surface area (Å²) < 4.78 is 0. The van der Waals surface area contributed by atoms with Crippen molar-refractivity contribution in [3.8, 4) is 22.6 Å². The molecule has 2 saturated heterocycles. The summed E-state index contributed by atoms with van der Waals surface area (Å²) in [5.41, 5.74) is 3.06. The van der Waals surface area contributed by atoms with Crippen LogP contribution in [0.15, 0.2) is 60.7 Å². The number of fused-ring (bicyclic) bond motifs is 2. The first kappa shape index (κ1) is 26.1. The minimum atomic E-state index is -0.790. The van der Waals surface area contributed by atoms with E-state index in [1.807, 2.05) is 58.3 Å². The Morgan fingerprint density at radius 3 is 1.48 bits per heavy atom. The van der Waals surface area contributed by atoms with Gasteiger partial charge >= 0.3 is 11.9 Å². The zero-order chi connectivity index (χ0) is 28.0. The van der Waals surface area contributed by atoms with Crippen LogP contribution in [0.1, 0.15) is 36.8 Å². The smallest absolute Gasteiger partial charge is 0.320 e. The lowest BCUT2D eigenvalue weighted by Gasteiger charge is -2.22. The lowest BCUT2D eigenvalue weighted by Crippen LogP contribution is -2.35. The Morgan fingerprint density at radius 1 is 0.650 bits per heavy atom. The van der Waals surface area contributed by atoms with Crippen LogP contribution in [0, 0.1) is 0 Å². The minimum Gasteiger partial charge on any atom is -0.507 e. The summed E-state index contributed by atoms with van der Waals surface area (Å²) in [5, 5.41) is 44.5. The van der Waals surface area contributed by atoms with Crippen molar-refractivity contribution in [3.63, 3.8) is 0 Å². The molecule has 0 aromatic heterocycles. The van der Waals surface area contributed by atoms with Crippen molar-refractivity contribution in [2.24, 2.45) is 0 Å². The zero-order valence-corrected chi connectivity index (χ0v) is 22.1. The highest BCUT2D eigenvalue weighted by Gasteiger charge is 2.31. The number of hydrogen-bond donors (Lipinski definition) is 4. The standard InChI is InChI=1S/C32H32N2O6/c35-27-11-7-21-15-19(17-33-13-1-3-25(33)31(37)38)5-9-23(21)29(27)30-24-10-6-20(16-22(24)8-12-28(30)36)18-34-14-2-4-26(34)32(39)40/h5-12,15-16,25-26,35-36H,1-4,13-14,17-18H2,(H,37,38)(H,39,40)/t25-,26-/m0/s1. The van der Waals surface area contributed by atoms with E-state index in [4.69, 9.17) is 0 Å². The quantitative estimate of drug-likeness (QED) is 0.253. The van der Waals surface area contributed by atoms with Crippen LogP contribution in [0.25, 0.3) is 32.7 Å². The van der Waals surface area contributed by atoms with E-state index in [0.717, 1.165) is 58.6 Å². The van der Waals surface area contributed by atoms with Gasteiger partial charge in [-0.05, 0) is 95.7 Å². The van der Waals surface area contributed by atoms with E-state index < -0.39 is 24.0 Å². The number of carboxylic acids is 2. The molecule has 0 saturated carbocycles. The number of aromatic hydroxyl groups is 2. The molecule has 2 aliphatic rings. The first-order chi connectivity index (χ1) is 19.3. The Balaban J connectivity index is 1.37. The number of carbonyl (C=O) groups is 2. The summed E-state index contributed by atoms with van der Waals surface area (Å²) in [6.07, 6.45) is 3.04. The van der Waals surface area contributed by atoms with Crippen molar-refractivity contribution in [1.82, 2.24) is 9.80 Å². The predicted molar refractivity (Wildman–Crippen MR) is 152 cm³/mol. The van der Waals surface area contributed by atoms with Gasteiger partial charge in [0.05, 0.1) is 0 Å². The molecule has 4 N–H and O–H groups in total. The first-order valence-corrected chi connectivity index (χ1v) is 13.7. The molecule has 206 valence electrons. The van der Waals surface area contributed by atoms with Gasteiger partial charge in [-0.1, -0.05) is 36.4 Å². The van der Waals surface area contributed by atoms with E-state index in [1.54, 1.807) is 12.1 Å². The van der Waals surface area contributed by atoms with Gasteiger partial charge in [0.2, 0.25) is 0 Å². The summed E-state index contributed by atoms with van der Waals surface area (Å²) in [6, 6.07) is 17.8. The van der Waals surface area contributed by atoms with Gasteiger partial charge < -0.3 is 20.4 Å². The molecule has 2 atom stereocenters. The number of hydrogen-bond acceptors (Lipinski definition) is 6. The molecule has 0 radical (unpaired) electrons. The molecule has 8 heteroatoms. The highest BCUT2D eigenvalue weighted by Crippen LogP contribution is 2.45. The summed E-state index contributed by atoms with van der Waals surface area (Å²) in [7, 11) is 0. The van der Waals surface area contributed by atoms with E-state index in [1.165, 1.54) is 0 Å². The number of benzene rings is 4. The summed E-state index contributed by atoms with van der Waals surface area (Å²) in [5.74, 6) is -1.47. The molecule has 40 heavy (non-hydrogen) atoms. The summed E-state index contributed by atoms with van der Waals surface area (Å²) >= 11 is 0. The maximum absolute atomic E-state index is 11.6. The van der Waals surface area contributed by atoms with Crippen molar-refractivity contribution < 1.29 is 30.0 Å². The van der Waals surface area contributed by atoms with Crippen LogP contribution < -0.4 is 0 Å². The number of phenols is 2. The lowest BCUT2D eigenvalue weighted by atomic mass is 9.91. The third kappa shape index (κ3) is 4.74. The monoisotopic (exact) mass is 540 g/mol. The lowest BCUT2D eigenvalue weighted by molar-refractivity contribution is -0.143. The van der Waals surface area contributed by atoms with E-state index >= 15 is 0 Å². The van der Waals surface area contributed by atoms with Crippen LogP contribution in [0.2, 0.25) is 0 Å². The Labute approximate surface area is 231 Å². The highest BCUT2D eigenvalue weighted by atomic mass is 16.4.